The maximum atomic E-state index is 12.2. The average Bonchev–Trinajstić information content (AvgIpc) is 2.56. The van der Waals surface area contributed by atoms with Crippen molar-refractivity contribution in [1.29, 1.82) is 0 Å². The molecule has 94 valence electrons. The van der Waals surface area contributed by atoms with Crippen LogP contribution in [0.5, 0.6) is 0 Å². The van der Waals surface area contributed by atoms with Gasteiger partial charge in [-0.15, -0.1) is 0 Å². The Labute approximate surface area is 114 Å². The van der Waals surface area contributed by atoms with Crippen LogP contribution in [0, 0.1) is 20.8 Å². The zero-order valence-electron chi connectivity index (χ0n) is 10.5. The van der Waals surface area contributed by atoms with Crippen molar-refractivity contribution in [3.8, 4) is 0 Å². The van der Waals surface area contributed by atoms with Gasteiger partial charge in [-0.25, -0.2) is 0 Å². The number of nitrogens with zero attached hydrogens (tertiary/aromatic N) is 1. The predicted octanol–water partition coefficient (Wildman–Crippen LogP) is 3.35. The summed E-state index contributed by atoms with van der Waals surface area (Å²) in [6, 6.07) is 5.78. The third kappa shape index (κ3) is 2.61. The summed E-state index contributed by atoms with van der Waals surface area (Å²) in [5, 5.41) is 9.70. The van der Waals surface area contributed by atoms with Crippen LogP contribution in [-0.2, 0) is 0 Å². The van der Waals surface area contributed by atoms with Crippen LogP contribution in [0.25, 0.3) is 0 Å². The molecule has 18 heavy (non-hydrogen) atoms. The molecule has 4 nitrogen and oxygen atoms in total. The summed E-state index contributed by atoms with van der Waals surface area (Å²) in [5.41, 5.74) is 3.94. The predicted molar refractivity (Wildman–Crippen MR) is 74.9 cm³/mol. The largest absolute Gasteiger partial charge is 0.322 e. The summed E-state index contributed by atoms with van der Waals surface area (Å²) >= 11 is 3.41. The van der Waals surface area contributed by atoms with E-state index in [1.165, 1.54) is 0 Å². The second-order valence-electron chi connectivity index (χ2n) is 4.28. The highest BCUT2D eigenvalue weighted by Crippen LogP contribution is 2.20. The Morgan fingerprint density at radius 2 is 2.00 bits per heavy atom. The van der Waals surface area contributed by atoms with Gasteiger partial charge in [-0.3, -0.25) is 9.89 Å². The number of hydrogen-bond donors (Lipinski definition) is 2. The minimum absolute atomic E-state index is 0.142. The second-order valence-corrected chi connectivity index (χ2v) is 5.20. The first-order chi connectivity index (χ1) is 8.47. The monoisotopic (exact) mass is 307 g/mol. The molecular formula is C13H14BrN3O. The Morgan fingerprint density at radius 1 is 1.28 bits per heavy atom. The van der Waals surface area contributed by atoms with Crippen LogP contribution in [0.4, 0.5) is 5.69 Å². The van der Waals surface area contributed by atoms with Crippen molar-refractivity contribution in [3.63, 3.8) is 0 Å². The Hall–Kier alpha value is -1.62. The number of nitrogens with one attached hydrogen (secondary N) is 2. The number of hydrogen-bond acceptors (Lipinski definition) is 2. The molecule has 5 heteroatoms. The number of H-pyrrole nitrogens is 1. The maximum absolute atomic E-state index is 12.2. The fourth-order valence-corrected chi connectivity index (χ4v) is 2.50. The molecule has 0 bridgehead atoms. The van der Waals surface area contributed by atoms with Crippen molar-refractivity contribution in [2.75, 3.05) is 5.32 Å². The second kappa shape index (κ2) is 4.94. The molecule has 0 aliphatic carbocycles. The number of halogens is 1. The van der Waals surface area contributed by atoms with Gasteiger partial charge in [0.1, 0.15) is 0 Å². The van der Waals surface area contributed by atoms with Crippen LogP contribution in [0.1, 0.15) is 27.3 Å². The van der Waals surface area contributed by atoms with Crippen LogP contribution in [0.15, 0.2) is 22.7 Å². The van der Waals surface area contributed by atoms with Crippen LogP contribution >= 0.6 is 15.9 Å². The first kappa shape index (κ1) is 12.8. The Morgan fingerprint density at radius 3 is 2.56 bits per heavy atom. The quantitative estimate of drug-likeness (QED) is 0.894. The average molecular weight is 308 g/mol. The molecular weight excluding hydrogens is 294 g/mol. The Balaban J connectivity index is 2.27. The van der Waals surface area contributed by atoms with Crippen molar-refractivity contribution < 1.29 is 4.79 Å². The van der Waals surface area contributed by atoms with Crippen LogP contribution < -0.4 is 5.32 Å². The summed E-state index contributed by atoms with van der Waals surface area (Å²) in [6.07, 6.45) is 0. The van der Waals surface area contributed by atoms with Crippen molar-refractivity contribution in [2.24, 2.45) is 0 Å². The fraction of sp³-hybridized carbons (Fsp3) is 0.231. The molecule has 1 aromatic heterocycles. The van der Waals surface area contributed by atoms with E-state index in [9.17, 15) is 4.79 Å². The van der Waals surface area contributed by atoms with Crippen molar-refractivity contribution >= 4 is 27.5 Å². The molecule has 0 unspecified atom stereocenters. The molecule has 0 saturated carbocycles. The number of amides is 1. The van der Waals surface area contributed by atoms with Gasteiger partial charge in [-0.05, 0) is 44.5 Å². The molecule has 0 fully saturated rings. The Kier molecular flexibility index (Phi) is 3.52. The van der Waals surface area contributed by atoms with Crippen molar-refractivity contribution in [2.45, 2.75) is 20.8 Å². The summed E-state index contributed by atoms with van der Waals surface area (Å²) in [4.78, 5) is 12.2. The molecule has 2 rings (SSSR count). The maximum Gasteiger partial charge on any atom is 0.259 e. The lowest BCUT2D eigenvalue weighted by atomic mass is 10.1. The molecule has 0 atom stereocenters. The number of aromatic amines is 1. The lowest BCUT2D eigenvalue weighted by molar-refractivity contribution is 0.102. The summed E-state index contributed by atoms with van der Waals surface area (Å²) in [7, 11) is 0. The lowest BCUT2D eigenvalue weighted by Crippen LogP contribution is -2.13. The van der Waals surface area contributed by atoms with E-state index in [0.29, 0.717) is 11.3 Å². The van der Waals surface area contributed by atoms with Gasteiger partial charge in [0, 0.05) is 15.9 Å². The van der Waals surface area contributed by atoms with Crippen LogP contribution in [0.2, 0.25) is 0 Å². The molecule has 0 spiro atoms. The third-order valence-electron chi connectivity index (χ3n) is 2.66. The molecule has 2 aromatic rings. The number of carbonyl (C=O) groups excluding carboxylic acids is 1. The topological polar surface area (TPSA) is 57.8 Å². The first-order valence-corrected chi connectivity index (χ1v) is 6.37. The molecule has 0 aliphatic heterocycles. The van der Waals surface area contributed by atoms with E-state index in [1.807, 2.05) is 39.0 Å². The van der Waals surface area contributed by atoms with Gasteiger partial charge in [0.2, 0.25) is 0 Å². The minimum Gasteiger partial charge on any atom is -0.322 e. The van der Waals surface area contributed by atoms with Crippen molar-refractivity contribution in [1.82, 2.24) is 10.2 Å². The van der Waals surface area contributed by atoms with E-state index in [4.69, 9.17) is 0 Å². The van der Waals surface area contributed by atoms with E-state index in [1.54, 1.807) is 0 Å². The Bertz CT molecular complexity index is 565. The smallest absolute Gasteiger partial charge is 0.259 e. The van der Waals surface area contributed by atoms with Gasteiger partial charge in [0.05, 0.1) is 11.3 Å². The van der Waals surface area contributed by atoms with Gasteiger partial charge in [-0.1, -0.05) is 15.9 Å². The van der Waals surface area contributed by atoms with E-state index in [0.717, 1.165) is 21.4 Å². The normalized spacial score (nSPS) is 10.4. The van der Waals surface area contributed by atoms with Gasteiger partial charge >= 0.3 is 0 Å². The number of aromatic nitrogens is 2. The van der Waals surface area contributed by atoms with E-state index >= 15 is 0 Å². The summed E-state index contributed by atoms with van der Waals surface area (Å²) < 4.78 is 0.943. The standard InChI is InChI=1S/C13H14BrN3O/c1-7-4-10(14)6-11(5-7)15-13(18)12-8(2)16-17-9(12)3/h4-6H,1-3H3,(H,15,18)(H,16,17). The van der Waals surface area contributed by atoms with Gasteiger partial charge in [-0.2, -0.15) is 5.10 Å². The SMILES string of the molecule is Cc1cc(Br)cc(NC(=O)c2c(C)n[nH]c2C)c1. The van der Waals surface area contributed by atoms with E-state index in [-0.39, 0.29) is 5.91 Å². The first-order valence-electron chi connectivity index (χ1n) is 5.57. The molecule has 1 aromatic carbocycles. The van der Waals surface area contributed by atoms with Crippen molar-refractivity contribution in [3.05, 3.63) is 45.2 Å². The summed E-state index contributed by atoms with van der Waals surface area (Å²) in [5.74, 6) is -0.142. The molecule has 2 N–H and O–H groups in total. The number of anilines is 1. The van der Waals surface area contributed by atoms with E-state index < -0.39 is 0 Å². The van der Waals surface area contributed by atoms with Gasteiger partial charge in [0.15, 0.2) is 0 Å². The highest BCUT2D eigenvalue weighted by Gasteiger charge is 2.15. The van der Waals surface area contributed by atoms with Crippen LogP contribution in [0.3, 0.4) is 0 Å². The number of benzene rings is 1. The van der Waals surface area contributed by atoms with E-state index in [2.05, 4.69) is 31.4 Å². The molecule has 1 heterocycles. The zero-order valence-corrected chi connectivity index (χ0v) is 12.1. The zero-order chi connectivity index (χ0) is 13.3. The highest BCUT2D eigenvalue weighted by atomic mass is 79.9. The summed E-state index contributed by atoms with van der Waals surface area (Å²) in [6.45, 7) is 5.63. The fourth-order valence-electron chi connectivity index (χ4n) is 1.89. The molecule has 0 radical (unpaired) electrons. The minimum atomic E-state index is -0.142. The molecule has 0 saturated heterocycles. The van der Waals surface area contributed by atoms with Crippen LogP contribution in [-0.4, -0.2) is 16.1 Å². The molecule has 1 amide bonds. The number of rotatable bonds is 2. The van der Waals surface area contributed by atoms with Gasteiger partial charge in [0.25, 0.3) is 5.91 Å². The highest BCUT2D eigenvalue weighted by molar-refractivity contribution is 9.10. The van der Waals surface area contributed by atoms with Gasteiger partial charge < -0.3 is 5.32 Å². The third-order valence-corrected chi connectivity index (χ3v) is 3.11. The number of aryl methyl sites for hydroxylation is 3. The number of carbonyl (C=O) groups is 1. The lowest BCUT2D eigenvalue weighted by Gasteiger charge is -2.07. The molecule has 0 aliphatic rings.